The Kier molecular flexibility index (Phi) is 2.68. The van der Waals surface area contributed by atoms with Crippen molar-refractivity contribution in [3.8, 4) is 5.75 Å². The summed E-state index contributed by atoms with van der Waals surface area (Å²) in [7, 11) is 0. The number of pyridine rings is 1. The van der Waals surface area contributed by atoms with E-state index in [1.165, 1.54) is 6.20 Å². The number of hydrogen-bond acceptors (Lipinski definition) is 6. The topological polar surface area (TPSA) is 65.0 Å². The van der Waals surface area contributed by atoms with Crippen LogP contribution < -0.4 is 4.74 Å². The van der Waals surface area contributed by atoms with E-state index in [0.717, 1.165) is 11.5 Å². The molecule has 0 fully saturated rings. The van der Waals surface area contributed by atoms with E-state index in [0.29, 0.717) is 16.3 Å². The maximum absolute atomic E-state index is 11.6. The quantitative estimate of drug-likeness (QED) is 0.718. The molecule has 0 aliphatic rings. The highest BCUT2D eigenvalue weighted by Gasteiger charge is 2.15. The minimum absolute atomic E-state index is 0.412. The molecule has 0 radical (unpaired) electrons. The molecule has 15 heavy (non-hydrogen) atoms. The Bertz CT molecular complexity index is 469. The summed E-state index contributed by atoms with van der Waals surface area (Å²) in [6, 6.07) is 3.36. The van der Waals surface area contributed by atoms with E-state index in [2.05, 4.69) is 14.6 Å². The van der Waals surface area contributed by atoms with E-state index in [-0.39, 0.29) is 0 Å². The zero-order chi connectivity index (χ0) is 10.7. The van der Waals surface area contributed by atoms with Crippen LogP contribution in [0.15, 0.2) is 24.5 Å². The van der Waals surface area contributed by atoms with Crippen LogP contribution >= 0.6 is 11.5 Å². The molecule has 0 aliphatic carbocycles. The van der Waals surface area contributed by atoms with E-state index in [1.54, 1.807) is 25.3 Å². The van der Waals surface area contributed by atoms with Gasteiger partial charge in [0.25, 0.3) is 0 Å². The average molecular weight is 221 g/mol. The molecule has 0 saturated heterocycles. The molecule has 2 heterocycles. The Hall–Kier alpha value is -1.82. The summed E-state index contributed by atoms with van der Waals surface area (Å²) in [5.41, 5.74) is 0.578. The first kappa shape index (κ1) is 9.72. The predicted molar refractivity (Wildman–Crippen MR) is 53.8 cm³/mol. The van der Waals surface area contributed by atoms with Crippen LogP contribution in [0.4, 0.5) is 0 Å². The van der Waals surface area contributed by atoms with Crippen molar-refractivity contribution in [1.29, 1.82) is 0 Å². The summed E-state index contributed by atoms with van der Waals surface area (Å²) < 4.78 is 8.73. The van der Waals surface area contributed by atoms with Gasteiger partial charge >= 0.3 is 5.97 Å². The molecule has 0 aromatic carbocycles. The second-order valence-electron chi connectivity index (χ2n) is 2.77. The normalized spacial score (nSPS) is 9.93. The fourth-order valence-electron chi connectivity index (χ4n) is 0.980. The van der Waals surface area contributed by atoms with E-state index in [1.807, 2.05) is 0 Å². The summed E-state index contributed by atoms with van der Waals surface area (Å²) in [5, 5.41) is 3.73. The van der Waals surface area contributed by atoms with Crippen LogP contribution in [0.2, 0.25) is 0 Å². The highest BCUT2D eigenvalue weighted by molar-refractivity contribution is 7.07. The van der Waals surface area contributed by atoms with Crippen molar-refractivity contribution >= 4 is 17.5 Å². The van der Waals surface area contributed by atoms with Crippen molar-refractivity contribution < 1.29 is 9.53 Å². The van der Waals surface area contributed by atoms with Gasteiger partial charge in [0, 0.05) is 6.20 Å². The Morgan fingerprint density at radius 1 is 1.53 bits per heavy atom. The fourth-order valence-corrected chi connectivity index (χ4v) is 1.51. The first-order valence-corrected chi connectivity index (χ1v) is 4.96. The molecule has 2 rings (SSSR count). The molecule has 0 N–H and O–H groups in total. The number of carbonyl (C=O) groups is 1. The van der Waals surface area contributed by atoms with Crippen LogP contribution in [-0.2, 0) is 0 Å². The Morgan fingerprint density at radius 3 is 3.00 bits per heavy atom. The smallest absolute Gasteiger partial charge is 0.357 e. The molecule has 0 amide bonds. The Balaban J connectivity index is 2.15. The lowest BCUT2D eigenvalue weighted by Crippen LogP contribution is -2.08. The third-order valence-electron chi connectivity index (χ3n) is 1.68. The van der Waals surface area contributed by atoms with Crippen LogP contribution in [-0.4, -0.2) is 20.5 Å². The molecule has 0 atom stereocenters. The number of ether oxygens (including phenoxy) is 1. The minimum atomic E-state index is -0.449. The Morgan fingerprint density at radius 2 is 2.40 bits per heavy atom. The summed E-state index contributed by atoms with van der Waals surface area (Å²) in [4.78, 5) is 15.8. The lowest BCUT2D eigenvalue weighted by molar-refractivity contribution is 0.0738. The number of esters is 1. The maximum atomic E-state index is 11.6. The molecule has 0 spiro atoms. The maximum Gasteiger partial charge on any atom is 0.357 e. The van der Waals surface area contributed by atoms with Crippen molar-refractivity contribution in [2.45, 2.75) is 6.92 Å². The molecule has 2 aromatic heterocycles. The molecule has 0 aliphatic heterocycles. The molecule has 6 heteroatoms. The summed E-state index contributed by atoms with van der Waals surface area (Å²) >= 11 is 1.02. The predicted octanol–water partition coefficient (Wildman–Crippen LogP) is 1.46. The highest BCUT2D eigenvalue weighted by atomic mass is 32.1. The van der Waals surface area contributed by atoms with Gasteiger partial charge in [-0.1, -0.05) is 4.49 Å². The summed E-state index contributed by atoms with van der Waals surface area (Å²) in [5.74, 6) is -0.0363. The SMILES string of the molecule is Cc1nnsc1C(=O)Oc1cccnc1. The van der Waals surface area contributed by atoms with Gasteiger partial charge in [-0.15, -0.1) is 5.10 Å². The lowest BCUT2D eigenvalue weighted by Gasteiger charge is -2.00. The Labute approximate surface area is 89.9 Å². The molecule has 76 valence electrons. The number of aryl methyl sites for hydroxylation is 1. The van der Waals surface area contributed by atoms with Crippen LogP contribution in [0, 0.1) is 6.92 Å². The number of carbonyl (C=O) groups excluding carboxylic acids is 1. The van der Waals surface area contributed by atoms with Crippen LogP contribution in [0.25, 0.3) is 0 Å². The fraction of sp³-hybridized carbons (Fsp3) is 0.111. The van der Waals surface area contributed by atoms with Gasteiger partial charge in [-0.25, -0.2) is 4.79 Å². The number of rotatable bonds is 2. The standard InChI is InChI=1S/C9H7N3O2S/c1-6-8(15-12-11-6)9(13)14-7-3-2-4-10-5-7/h2-5H,1H3. The third kappa shape index (κ3) is 2.16. The van der Waals surface area contributed by atoms with Crippen LogP contribution in [0.3, 0.4) is 0 Å². The van der Waals surface area contributed by atoms with Crippen molar-refractivity contribution in [3.63, 3.8) is 0 Å². The molecule has 0 saturated carbocycles. The van der Waals surface area contributed by atoms with Gasteiger partial charge in [-0.2, -0.15) is 0 Å². The first-order chi connectivity index (χ1) is 7.27. The van der Waals surface area contributed by atoms with Gasteiger partial charge in [0.15, 0.2) is 4.88 Å². The van der Waals surface area contributed by atoms with Crippen molar-refractivity contribution in [3.05, 3.63) is 35.1 Å². The van der Waals surface area contributed by atoms with Crippen molar-refractivity contribution in [1.82, 2.24) is 14.6 Å². The molecule has 0 bridgehead atoms. The van der Waals surface area contributed by atoms with Gasteiger partial charge in [0.2, 0.25) is 0 Å². The second-order valence-corrected chi connectivity index (χ2v) is 3.52. The number of nitrogens with zero attached hydrogens (tertiary/aromatic N) is 3. The van der Waals surface area contributed by atoms with Gasteiger partial charge in [-0.05, 0) is 30.6 Å². The minimum Gasteiger partial charge on any atom is -0.421 e. The molecule has 2 aromatic rings. The van der Waals surface area contributed by atoms with Gasteiger partial charge < -0.3 is 4.74 Å². The van der Waals surface area contributed by atoms with Gasteiger partial charge in [0.05, 0.1) is 11.9 Å². The van der Waals surface area contributed by atoms with Crippen molar-refractivity contribution in [2.75, 3.05) is 0 Å². The molecule has 5 nitrogen and oxygen atoms in total. The van der Waals surface area contributed by atoms with E-state index < -0.39 is 5.97 Å². The first-order valence-electron chi connectivity index (χ1n) is 4.18. The second kappa shape index (κ2) is 4.14. The van der Waals surface area contributed by atoms with Gasteiger partial charge in [0.1, 0.15) is 5.75 Å². The zero-order valence-corrected chi connectivity index (χ0v) is 8.69. The van der Waals surface area contributed by atoms with Crippen LogP contribution in [0.1, 0.15) is 15.4 Å². The number of aromatic nitrogens is 3. The zero-order valence-electron chi connectivity index (χ0n) is 7.88. The number of hydrogen-bond donors (Lipinski definition) is 0. The van der Waals surface area contributed by atoms with E-state index >= 15 is 0 Å². The monoisotopic (exact) mass is 221 g/mol. The third-order valence-corrected chi connectivity index (χ3v) is 2.49. The summed E-state index contributed by atoms with van der Waals surface area (Å²) in [6.07, 6.45) is 3.08. The molecule has 0 unspecified atom stereocenters. The average Bonchev–Trinajstić information content (AvgIpc) is 2.66. The highest BCUT2D eigenvalue weighted by Crippen LogP contribution is 2.14. The van der Waals surface area contributed by atoms with Gasteiger partial charge in [-0.3, -0.25) is 4.98 Å². The van der Waals surface area contributed by atoms with Crippen molar-refractivity contribution in [2.24, 2.45) is 0 Å². The largest absolute Gasteiger partial charge is 0.421 e. The van der Waals surface area contributed by atoms with E-state index in [4.69, 9.17) is 4.74 Å². The van der Waals surface area contributed by atoms with E-state index in [9.17, 15) is 4.79 Å². The molecular weight excluding hydrogens is 214 g/mol. The lowest BCUT2D eigenvalue weighted by atomic mass is 10.4. The van der Waals surface area contributed by atoms with Crippen LogP contribution in [0.5, 0.6) is 5.75 Å². The summed E-state index contributed by atoms with van der Waals surface area (Å²) in [6.45, 7) is 1.71. The molecular formula is C9H7N3O2S.